The smallest absolute Gasteiger partial charge is 0.230 e. The molecule has 0 aromatic carbocycles. The Morgan fingerprint density at radius 1 is 1.27 bits per heavy atom. The predicted molar refractivity (Wildman–Crippen MR) is 99.6 cm³/mol. The van der Waals surface area contributed by atoms with E-state index in [0.717, 1.165) is 9.75 Å². The highest BCUT2D eigenvalue weighted by Gasteiger charge is 2.66. The van der Waals surface area contributed by atoms with Gasteiger partial charge in [-0.15, -0.1) is 22.7 Å². The van der Waals surface area contributed by atoms with E-state index in [1.165, 1.54) is 0 Å². The first kappa shape index (κ1) is 16.2. The summed E-state index contributed by atoms with van der Waals surface area (Å²) in [5.74, 6) is -0.922. The van der Waals surface area contributed by atoms with Gasteiger partial charge in [-0.2, -0.15) is 0 Å². The first-order valence-corrected chi connectivity index (χ1v) is 10.4. The van der Waals surface area contributed by atoms with Crippen molar-refractivity contribution in [3.8, 4) is 0 Å². The van der Waals surface area contributed by atoms with E-state index in [1.807, 2.05) is 52.1 Å². The number of nitrogens with zero attached hydrogens (tertiary/aromatic N) is 1. The van der Waals surface area contributed by atoms with Crippen LogP contribution in [0.4, 0.5) is 0 Å². The van der Waals surface area contributed by atoms with Crippen LogP contribution in [0.2, 0.25) is 0 Å². The van der Waals surface area contributed by atoms with E-state index < -0.39 is 17.4 Å². The predicted octanol–water partition coefficient (Wildman–Crippen LogP) is 2.41. The number of ether oxygens (including phenoxy) is 1. The molecule has 2 bridgehead atoms. The molecule has 0 saturated carbocycles. The first-order valence-electron chi connectivity index (χ1n) is 8.65. The lowest BCUT2D eigenvalue weighted by Crippen LogP contribution is -2.43. The van der Waals surface area contributed by atoms with E-state index >= 15 is 0 Å². The Morgan fingerprint density at radius 2 is 2.04 bits per heavy atom. The van der Waals surface area contributed by atoms with Gasteiger partial charge in [0.05, 0.1) is 37.6 Å². The summed E-state index contributed by atoms with van der Waals surface area (Å²) in [7, 11) is 0. The fourth-order valence-electron chi connectivity index (χ4n) is 4.31. The van der Waals surface area contributed by atoms with Crippen molar-refractivity contribution < 1.29 is 14.3 Å². The molecule has 2 unspecified atom stereocenters. The van der Waals surface area contributed by atoms with Crippen molar-refractivity contribution in [3.05, 3.63) is 56.9 Å². The summed E-state index contributed by atoms with van der Waals surface area (Å²) in [4.78, 5) is 30.0. The normalized spacial score (nSPS) is 31.6. The molecule has 26 heavy (non-hydrogen) atoms. The number of carbonyl (C=O) groups excluding carboxylic acids is 2. The SMILES string of the molecule is O=C(NCc1cccs1)C1[C@H]2C=CC3(CN(Cc4cccs4)C(=O)[C@@H]13)O2. The van der Waals surface area contributed by atoms with Crippen molar-refractivity contribution in [2.45, 2.75) is 24.8 Å². The summed E-state index contributed by atoms with van der Waals surface area (Å²) in [6.07, 6.45) is 3.65. The van der Waals surface area contributed by atoms with Gasteiger partial charge in [-0.1, -0.05) is 24.3 Å². The lowest BCUT2D eigenvalue weighted by Gasteiger charge is -2.23. The van der Waals surface area contributed by atoms with E-state index in [4.69, 9.17) is 4.74 Å². The number of thiophene rings is 2. The standard InChI is InChI=1S/C19H18N2O3S2/c22-17(20-9-12-3-1-7-25-12)15-14-5-6-19(24-14)11-21(18(23)16(15)19)10-13-4-2-8-26-13/h1-8,14-16H,9-11H2,(H,20,22)/t14-,15?,16-,19?/m1/s1. The van der Waals surface area contributed by atoms with Gasteiger partial charge in [0, 0.05) is 9.75 Å². The van der Waals surface area contributed by atoms with Gasteiger partial charge in [-0.3, -0.25) is 9.59 Å². The zero-order valence-electron chi connectivity index (χ0n) is 14.0. The summed E-state index contributed by atoms with van der Waals surface area (Å²) in [6.45, 7) is 1.60. The number of nitrogens with one attached hydrogen (secondary N) is 1. The van der Waals surface area contributed by atoms with Gasteiger partial charge >= 0.3 is 0 Å². The van der Waals surface area contributed by atoms with Crippen LogP contribution in [0.25, 0.3) is 0 Å². The van der Waals surface area contributed by atoms with E-state index in [1.54, 1.807) is 22.7 Å². The number of fused-ring (bicyclic) bond motifs is 1. The van der Waals surface area contributed by atoms with Crippen molar-refractivity contribution in [3.63, 3.8) is 0 Å². The van der Waals surface area contributed by atoms with Gasteiger partial charge in [-0.05, 0) is 22.9 Å². The van der Waals surface area contributed by atoms with Gasteiger partial charge in [0.15, 0.2) is 0 Å². The third-order valence-corrected chi connectivity index (χ3v) is 7.16. The average molecular weight is 386 g/mol. The highest BCUT2D eigenvalue weighted by molar-refractivity contribution is 7.10. The van der Waals surface area contributed by atoms with Crippen molar-refractivity contribution >= 4 is 34.5 Å². The molecule has 2 saturated heterocycles. The number of hydrogen-bond acceptors (Lipinski definition) is 5. The van der Waals surface area contributed by atoms with Gasteiger partial charge in [0.2, 0.25) is 11.8 Å². The second-order valence-electron chi connectivity index (χ2n) is 6.97. The number of hydrogen-bond donors (Lipinski definition) is 1. The van der Waals surface area contributed by atoms with Crippen LogP contribution in [0.5, 0.6) is 0 Å². The largest absolute Gasteiger partial charge is 0.360 e. The average Bonchev–Trinajstić information content (AvgIpc) is 3.43. The zero-order chi connectivity index (χ0) is 17.7. The van der Waals surface area contributed by atoms with E-state index in [-0.39, 0.29) is 17.9 Å². The van der Waals surface area contributed by atoms with Crippen LogP contribution in [-0.2, 0) is 27.4 Å². The van der Waals surface area contributed by atoms with Crippen LogP contribution < -0.4 is 5.32 Å². The maximum absolute atomic E-state index is 13.1. The Kier molecular flexibility index (Phi) is 3.77. The van der Waals surface area contributed by atoms with Crippen molar-refractivity contribution in [1.29, 1.82) is 0 Å². The molecule has 134 valence electrons. The zero-order valence-corrected chi connectivity index (χ0v) is 15.6. The molecular weight excluding hydrogens is 368 g/mol. The number of rotatable bonds is 5. The first-order chi connectivity index (χ1) is 12.7. The summed E-state index contributed by atoms with van der Waals surface area (Å²) < 4.78 is 6.15. The Labute approximate surface area is 159 Å². The molecule has 2 amide bonds. The molecular formula is C19H18N2O3S2. The minimum absolute atomic E-state index is 0.0292. The monoisotopic (exact) mass is 386 g/mol. The summed E-state index contributed by atoms with van der Waals surface area (Å²) in [6, 6.07) is 7.98. The van der Waals surface area contributed by atoms with Crippen LogP contribution in [0.1, 0.15) is 9.75 Å². The highest BCUT2D eigenvalue weighted by atomic mass is 32.1. The number of amides is 2. The molecule has 5 nitrogen and oxygen atoms in total. The molecule has 7 heteroatoms. The van der Waals surface area contributed by atoms with Gasteiger partial charge in [0.1, 0.15) is 5.60 Å². The second kappa shape index (κ2) is 6.04. The number of likely N-dealkylation sites (tertiary alicyclic amines) is 1. The van der Waals surface area contributed by atoms with Crippen LogP contribution in [0, 0.1) is 11.8 Å². The van der Waals surface area contributed by atoms with Crippen LogP contribution in [-0.4, -0.2) is 35.0 Å². The quantitative estimate of drug-likeness (QED) is 0.803. The topological polar surface area (TPSA) is 58.6 Å². The molecule has 2 aromatic rings. The Bertz CT molecular complexity index is 861. The van der Waals surface area contributed by atoms with Crippen LogP contribution in [0.15, 0.2) is 47.2 Å². The Morgan fingerprint density at radius 3 is 2.77 bits per heavy atom. The van der Waals surface area contributed by atoms with Crippen molar-refractivity contribution in [2.75, 3.05) is 6.54 Å². The van der Waals surface area contributed by atoms with Crippen molar-refractivity contribution in [1.82, 2.24) is 10.2 Å². The number of carbonyl (C=O) groups is 2. The molecule has 0 radical (unpaired) electrons. The van der Waals surface area contributed by atoms with Crippen LogP contribution >= 0.6 is 22.7 Å². The molecule has 5 rings (SSSR count). The molecule has 0 aliphatic carbocycles. The maximum Gasteiger partial charge on any atom is 0.230 e. The van der Waals surface area contributed by atoms with E-state index in [0.29, 0.717) is 19.6 Å². The molecule has 3 aliphatic heterocycles. The molecule has 5 heterocycles. The minimum atomic E-state index is -0.635. The lowest BCUT2D eigenvalue weighted by molar-refractivity contribution is -0.137. The molecule has 1 spiro atoms. The fourth-order valence-corrected chi connectivity index (χ4v) is 5.67. The molecule has 2 aromatic heterocycles. The molecule has 1 N–H and O–H groups in total. The fraction of sp³-hybridized carbons (Fsp3) is 0.368. The van der Waals surface area contributed by atoms with Gasteiger partial charge in [0.25, 0.3) is 0 Å². The molecule has 3 aliphatic rings. The van der Waals surface area contributed by atoms with Gasteiger partial charge in [-0.25, -0.2) is 0 Å². The van der Waals surface area contributed by atoms with Crippen molar-refractivity contribution in [2.24, 2.45) is 11.8 Å². The van der Waals surface area contributed by atoms with Gasteiger partial charge < -0.3 is 15.0 Å². The summed E-state index contributed by atoms with van der Waals surface area (Å²) in [5.41, 5.74) is -0.635. The van der Waals surface area contributed by atoms with E-state index in [2.05, 4.69) is 5.32 Å². The summed E-state index contributed by atoms with van der Waals surface area (Å²) >= 11 is 3.25. The minimum Gasteiger partial charge on any atom is -0.360 e. The molecule has 4 atom stereocenters. The van der Waals surface area contributed by atoms with E-state index in [9.17, 15) is 9.59 Å². The second-order valence-corrected chi connectivity index (χ2v) is 9.04. The highest BCUT2D eigenvalue weighted by Crippen LogP contribution is 2.52. The van der Waals surface area contributed by atoms with Crippen LogP contribution in [0.3, 0.4) is 0 Å². The summed E-state index contributed by atoms with van der Waals surface area (Å²) in [5, 5.41) is 6.99. The Balaban J connectivity index is 1.35. The Hall–Kier alpha value is -1.96. The third-order valence-electron chi connectivity index (χ3n) is 5.43. The molecule has 2 fully saturated rings. The lowest BCUT2D eigenvalue weighted by atomic mass is 9.77. The maximum atomic E-state index is 13.1. The third kappa shape index (κ3) is 2.46.